The van der Waals surface area contributed by atoms with Crippen LogP contribution < -0.4 is 0 Å². The number of nitrogens with zero attached hydrogens (tertiary/aromatic N) is 1. The number of carbonyl (C=O) groups excluding carboxylic acids is 1. The Bertz CT molecular complexity index is 690. The van der Waals surface area contributed by atoms with Crippen molar-refractivity contribution < 1.29 is 18.5 Å². The lowest BCUT2D eigenvalue weighted by atomic mass is 10.0. The van der Waals surface area contributed by atoms with Crippen LogP contribution in [-0.4, -0.2) is 44.2 Å². The van der Waals surface area contributed by atoms with E-state index in [1.807, 2.05) is 37.3 Å². The molecular weight excluding hydrogens is 428 g/mol. The van der Waals surface area contributed by atoms with Gasteiger partial charge in [0.2, 0.25) is 0 Å². The van der Waals surface area contributed by atoms with Crippen LogP contribution in [0.1, 0.15) is 32.3 Å². The Morgan fingerprint density at radius 3 is 2.15 bits per heavy atom. The van der Waals surface area contributed by atoms with Crippen LogP contribution in [0.15, 0.2) is 30.3 Å². The third-order valence-corrected chi connectivity index (χ3v) is 10.4. The van der Waals surface area contributed by atoms with Gasteiger partial charge in [0.15, 0.2) is 16.0 Å². The molecule has 1 aliphatic heterocycles. The summed E-state index contributed by atoms with van der Waals surface area (Å²) in [6.07, 6.45) is 0. The van der Waals surface area contributed by atoms with Crippen molar-refractivity contribution in [1.29, 1.82) is 0 Å². The lowest BCUT2D eigenvalue weighted by Gasteiger charge is -2.39. The first-order valence-electron chi connectivity index (χ1n) is 8.19. The lowest BCUT2D eigenvalue weighted by molar-refractivity contribution is -0.227. The van der Waals surface area contributed by atoms with Gasteiger partial charge in [-0.05, 0) is 25.3 Å². The first kappa shape index (κ1) is 22.3. The normalized spacial score (nSPS) is 27.2. The fraction of sp³-hybridized carbons (Fsp3) is 0.562. The summed E-state index contributed by atoms with van der Waals surface area (Å²) in [6.45, 7) is 6.35. The summed E-state index contributed by atoms with van der Waals surface area (Å²) in [4.78, 5) is 13.0. The molecule has 0 aliphatic carbocycles. The Morgan fingerprint density at radius 2 is 1.69 bits per heavy atom. The van der Waals surface area contributed by atoms with E-state index in [0.717, 1.165) is 5.56 Å². The Kier molecular flexibility index (Phi) is 8.08. The van der Waals surface area contributed by atoms with Gasteiger partial charge in [-0.3, -0.25) is 4.79 Å². The number of carbonyl (C=O) groups is 1. The van der Waals surface area contributed by atoms with Crippen LogP contribution in [0, 0.1) is 0 Å². The summed E-state index contributed by atoms with van der Waals surface area (Å²) >= 11 is 10.7. The molecule has 5 nitrogen and oxygen atoms in total. The molecule has 1 aromatic rings. The van der Waals surface area contributed by atoms with E-state index in [0.29, 0.717) is 21.3 Å². The second-order valence-electron chi connectivity index (χ2n) is 5.71. The van der Waals surface area contributed by atoms with E-state index in [1.165, 1.54) is 0 Å². The molecule has 1 heterocycles. The molecule has 2 rings (SSSR count). The molecule has 10 heteroatoms. The molecule has 2 unspecified atom stereocenters. The summed E-state index contributed by atoms with van der Waals surface area (Å²) < 4.78 is 26.1. The minimum Gasteiger partial charge on any atom is -0.341 e. The molecule has 0 saturated carbocycles. The average molecular weight is 449 g/mol. The zero-order valence-corrected chi connectivity index (χ0v) is 19.0. The summed E-state index contributed by atoms with van der Waals surface area (Å²) in [5.41, 5.74) is 1.08. The number of benzene rings is 1. The molecule has 0 bridgehead atoms. The topological polar surface area (TPSA) is 55.8 Å². The number of hydrogen-bond donors (Lipinski definition) is 0. The second-order valence-corrected chi connectivity index (χ2v) is 10.1. The zero-order chi connectivity index (χ0) is 19.4. The van der Waals surface area contributed by atoms with Crippen molar-refractivity contribution in [3.8, 4) is 0 Å². The largest absolute Gasteiger partial charge is 0.341 e. The molecule has 1 aromatic carbocycles. The van der Waals surface area contributed by atoms with E-state index >= 15 is 0 Å². The van der Waals surface area contributed by atoms with Gasteiger partial charge in [0.25, 0.3) is 10.9 Å². The molecule has 0 amide bonds. The molecule has 0 aromatic heterocycles. The lowest BCUT2D eigenvalue weighted by Crippen LogP contribution is -2.56. The van der Waals surface area contributed by atoms with E-state index in [9.17, 15) is 9.00 Å². The second kappa shape index (κ2) is 9.44. The highest BCUT2D eigenvalue weighted by molar-refractivity contribution is 8.08. The van der Waals surface area contributed by atoms with Gasteiger partial charge < -0.3 is 9.47 Å². The van der Waals surface area contributed by atoms with Crippen molar-refractivity contribution in [3.05, 3.63) is 35.9 Å². The van der Waals surface area contributed by atoms with Gasteiger partial charge in [-0.25, -0.2) is 4.21 Å². The summed E-state index contributed by atoms with van der Waals surface area (Å²) in [7, 11) is -1.20. The molecule has 142 valence electrons. The van der Waals surface area contributed by atoms with E-state index in [4.69, 9.17) is 33.1 Å². The van der Waals surface area contributed by atoms with Crippen molar-refractivity contribution in [2.24, 2.45) is 0 Å². The van der Waals surface area contributed by atoms with Crippen molar-refractivity contribution in [3.63, 3.8) is 0 Å². The highest BCUT2D eigenvalue weighted by Gasteiger charge is 2.71. The third-order valence-electron chi connectivity index (χ3n) is 4.17. The van der Waals surface area contributed by atoms with E-state index in [2.05, 4.69) is 0 Å². The van der Waals surface area contributed by atoms with E-state index in [-0.39, 0.29) is 19.1 Å². The van der Waals surface area contributed by atoms with Crippen LogP contribution in [0.4, 0.5) is 0 Å². The predicted molar refractivity (Wildman–Crippen MR) is 112 cm³/mol. The minimum atomic E-state index is -1.94. The maximum absolute atomic E-state index is 13.0. The van der Waals surface area contributed by atoms with Crippen molar-refractivity contribution in [2.75, 3.05) is 19.8 Å². The van der Waals surface area contributed by atoms with Crippen LogP contribution in [0.3, 0.4) is 0 Å². The number of ether oxygens (including phenoxy) is 2. The van der Waals surface area contributed by atoms with Gasteiger partial charge in [0.1, 0.15) is 0 Å². The Balaban J connectivity index is 2.50. The first-order valence-corrected chi connectivity index (χ1v) is 13.1. The molecule has 0 radical (unpaired) electrons. The Morgan fingerprint density at radius 1 is 1.15 bits per heavy atom. The maximum Gasteiger partial charge on any atom is 0.297 e. The number of rotatable bonds is 9. The summed E-state index contributed by atoms with van der Waals surface area (Å²) in [5.74, 6) is -1.68. The van der Waals surface area contributed by atoms with Gasteiger partial charge in [-0.15, -0.1) is 0 Å². The number of hydrogen-bond acceptors (Lipinski definition) is 6. The molecule has 0 N–H and O–H groups in total. The van der Waals surface area contributed by atoms with Gasteiger partial charge in [-0.1, -0.05) is 60.9 Å². The first-order chi connectivity index (χ1) is 12.4. The van der Waals surface area contributed by atoms with Crippen LogP contribution in [0.2, 0.25) is 0 Å². The standard InChI is InChI=1S/C16H21NO4P2S3/c1-4-20-15(21-5-2)14(18)26(19)17(16(15,22-24)23-25)11-12(3)13-9-7-6-8-10-13/h6-10,12H,4-5,11H2,1-3H3. The fourth-order valence-corrected chi connectivity index (χ4v) is 9.20. The Hall–Kier alpha value is -0.0400. The van der Waals surface area contributed by atoms with Gasteiger partial charge in [0.05, 0.1) is 0 Å². The smallest absolute Gasteiger partial charge is 0.297 e. The minimum absolute atomic E-state index is 0.0277. The van der Waals surface area contributed by atoms with Crippen molar-refractivity contribution >= 4 is 54.4 Å². The SMILES string of the molecule is CCOC1(OCC)C(=O)S(=O)N(CC(C)c2ccccc2)C1(P=S)P=S. The van der Waals surface area contributed by atoms with Gasteiger partial charge in [0, 0.05) is 34.5 Å². The molecule has 1 aliphatic rings. The predicted octanol–water partition coefficient (Wildman–Crippen LogP) is 3.54. The van der Waals surface area contributed by atoms with Crippen LogP contribution >= 0.6 is 14.7 Å². The zero-order valence-electron chi connectivity index (χ0n) is 14.8. The fourth-order valence-electron chi connectivity index (χ4n) is 2.95. The molecular formula is C16H21NO4P2S3. The molecule has 2 atom stereocenters. The Labute approximate surface area is 170 Å². The van der Waals surface area contributed by atoms with Crippen LogP contribution in [-0.2, 0) is 48.9 Å². The quantitative estimate of drug-likeness (QED) is 0.425. The van der Waals surface area contributed by atoms with E-state index < -0.39 is 26.9 Å². The van der Waals surface area contributed by atoms with Crippen LogP contribution in [0.5, 0.6) is 0 Å². The van der Waals surface area contributed by atoms with Gasteiger partial charge in [-0.2, -0.15) is 4.31 Å². The molecule has 1 fully saturated rings. The highest BCUT2D eigenvalue weighted by atomic mass is 32.4. The molecule has 1 saturated heterocycles. The molecule has 26 heavy (non-hydrogen) atoms. The van der Waals surface area contributed by atoms with E-state index in [1.54, 1.807) is 18.2 Å². The van der Waals surface area contributed by atoms with Crippen molar-refractivity contribution in [2.45, 2.75) is 37.5 Å². The monoisotopic (exact) mass is 449 g/mol. The van der Waals surface area contributed by atoms with Crippen LogP contribution in [0.25, 0.3) is 0 Å². The summed E-state index contributed by atoms with van der Waals surface area (Å²) in [6, 6.07) is 9.85. The molecule has 0 spiro atoms. The summed E-state index contributed by atoms with van der Waals surface area (Å²) in [5, 5.41) is -1.79. The van der Waals surface area contributed by atoms with Crippen molar-refractivity contribution in [1.82, 2.24) is 4.31 Å². The highest BCUT2D eigenvalue weighted by Crippen LogP contribution is 2.56. The average Bonchev–Trinajstić information content (AvgIpc) is 2.82. The third kappa shape index (κ3) is 3.63. The maximum atomic E-state index is 13.0. The van der Waals surface area contributed by atoms with Gasteiger partial charge >= 0.3 is 0 Å².